The second-order valence-corrected chi connectivity index (χ2v) is 4.66. The van der Waals surface area contributed by atoms with Crippen LogP contribution in [0.4, 0.5) is 5.95 Å². The van der Waals surface area contributed by atoms with Gasteiger partial charge in [0.2, 0.25) is 11.9 Å². The largest absolute Gasteiger partial charge is 0.342 e. The SMILES string of the molecule is CN1C(=O)CC(Nc2ncc(I)cn2)C1=O. The molecule has 16 heavy (non-hydrogen) atoms. The Morgan fingerprint density at radius 1 is 1.44 bits per heavy atom. The first-order chi connectivity index (χ1) is 7.58. The van der Waals surface area contributed by atoms with E-state index in [-0.39, 0.29) is 18.2 Å². The highest BCUT2D eigenvalue weighted by atomic mass is 127. The number of nitrogens with one attached hydrogen (secondary N) is 1. The summed E-state index contributed by atoms with van der Waals surface area (Å²) in [5.74, 6) is -0.0676. The van der Waals surface area contributed by atoms with E-state index in [0.717, 1.165) is 8.47 Å². The number of hydrogen-bond donors (Lipinski definition) is 1. The van der Waals surface area contributed by atoms with Crippen LogP contribution in [0.5, 0.6) is 0 Å². The number of likely N-dealkylation sites (tertiary alicyclic amines) is 1. The number of rotatable bonds is 2. The predicted molar refractivity (Wildman–Crippen MR) is 64.6 cm³/mol. The first-order valence-electron chi connectivity index (χ1n) is 4.62. The number of hydrogen-bond acceptors (Lipinski definition) is 5. The Morgan fingerprint density at radius 2 is 2.06 bits per heavy atom. The minimum Gasteiger partial charge on any atom is -0.342 e. The fourth-order valence-corrected chi connectivity index (χ4v) is 1.69. The smallest absolute Gasteiger partial charge is 0.252 e. The molecule has 0 spiro atoms. The average Bonchev–Trinajstić information content (AvgIpc) is 2.50. The van der Waals surface area contributed by atoms with Gasteiger partial charge < -0.3 is 5.32 Å². The lowest BCUT2D eigenvalue weighted by molar-refractivity contribution is -0.136. The zero-order valence-electron chi connectivity index (χ0n) is 8.48. The summed E-state index contributed by atoms with van der Waals surface area (Å²) in [4.78, 5) is 32.0. The van der Waals surface area contributed by atoms with Crippen molar-refractivity contribution < 1.29 is 9.59 Å². The maximum absolute atomic E-state index is 11.6. The third-order valence-corrected chi connectivity index (χ3v) is 2.86. The molecule has 1 aromatic rings. The fraction of sp³-hybridized carbons (Fsp3) is 0.333. The number of halogens is 1. The molecule has 1 saturated heterocycles. The van der Waals surface area contributed by atoms with Gasteiger partial charge in [-0.2, -0.15) is 0 Å². The van der Waals surface area contributed by atoms with Crippen LogP contribution in [0, 0.1) is 3.57 Å². The van der Waals surface area contributed by atoms with Gasteiger partial charge in [0.25, 0.3) is 5.91 Å². The van der Waals surface area contributed by atoms with E-state index >= 15 is 0 Å². The quantitative estimate of drug-likeness (QED) is 0.621. The van der Waals surface area contributed by atoms with Crippen LogP contribution >= 0.6 is 22.6 Å². The second-order valence-electron chi connectivity index (χ2n) is 3.42. The molecule has 6 nitrogen and oxygen atoms in total. The third kappa shape index (κ3) is 2.13. The van der Waals surface area contributed by atoms with E-state index in [1.54, 1.807) is 12.4 Å². The van der Waals surface area contributed by atoms with Gasteiger partial charge in [0.15, 0.2) is 0 Å². The van der Waals surface area contributed by atoms with Crippen molar-refractivity contribution in [2.24, 2.45) is 0 Å². The van der Waals surface area contributed by atoms with E-state index in [9.17, 15) is 9.59 Å². The van der Waals surface area contributed by atoms with Crippen molar-refractivity contribution in [3.8, 4) is 0 Å². The van der Waals surface area contributed by atoms with Crippen LogP contribution in [-0.4, -0.2) is 39.8 Å². The molecule has 1 aromatic heterocycles. The zero-order chi connectivity index (χ0) is 11.7. The van der Waals surface area contributed by atoms with Crippen molar-refractivity contribution in [1.82, 2.24) is 14.9 Å². The average molecular weight is 332 g/mol. The van der Waals surface area contributed by atoms with E-state index in [4.69, 9.17) is 0 Å². The second kappa shape index (κ2) is 4.32. The van der Waals surface area contributed by atoms with Crippen LogP contribution in [0.1, 0.15) is 6.42 Å². The molecule has 1 N–H and O–H groups in total. The monoisotopic (exact) mass is 332 g/mol. The number of likely N-dealkylation sites (N-methyl/N-ethyl adjacent to an activating group) is 1. The van der Waals surface area contributed by atoms with Gasteiger partial charge >= 0.3 is 0 Å². The first-order valence-corrected chi connectivity index (χ1v) is 5.70. The number of carbonyl (C=O) groups is 2. The molecule has 84 valence electrons. The molecule has 0 radical (unpaired) electrons. The van der Waals surface area contributed by atoms with Crippen molar-refractivity contribution in [2.45, 2.75) is 12.5 Å². The highest BCUT2D eigenvalue weighted by Crippen LogP contribution is 2.14. The summed E-state index contributed by atoms with van der Waals surface area (Å²) in [6, 6.07) is -0.544. The van der Waals surface area contributed by atoms with Crippen LogP contribution in [0.15, 0.2) is 12.4 Å². The number of nitrogens with zero attached hydrogens (tertiary/aromatic N) is 3. The highest BCUT2D eigenvalue weighted by molar-refractivity contribution is 14.1. The Labute approximate surface area is 106 Å². The van der Waals surface area contributed by atoms with Gasteiger partial charge in [0, 0.05) is 23.0 Å². The molecule has 2 amide bonds. The van der Waals surface area contributed by atoms with Gasteiger partial charge in [0.05, 0.1) is 6.42 Å². The Kier molecular flexibility index (Phi) is 3.03. The van der Waals surface area contributed by atoms with Crippen molar-refractivity contribution in [3.05, 3.63) is 16.0 Å². The van der Waals surface area contributed by atoms with Gasteiger partial charge in [-0.3, -0.25) is 14.5 Å². The van der Waals surface area contributed by atoms with E-state index in [2.05, 4.69) is 37.9 Å². The molecule has 1 fully saturated rings. The molecule has 0 bridgehead atoms. The van der Waals surface area contributed by atoms with Gasteiger partial charge in [-0.15, -0.1) is 0 Å². The Morgan fingerprint density at radius 3 is 2.56 bits per heavy atom. The summed E-state index contributed by atoms with van der Waals surface area (Å²) < 4.78 is 0.911. The lowest BCUT2D eigenvalue weighted by Crippen LogP contribution is -2.32. The van der Waals surface area contributed by atoms with E-state index in [1.165, 1.54) is 7.05 Å². The van der Waals surface area contributed by atoms with Crippen LogP contribution in [0.2, 0.25) is 0 Å². The summed E-state index contributed by atoms with van der Waals surface area (Å²) in [6.07, 6.45) is 3.44. The summed E-state index contributed by atoms with van der Waals surface area (Å²) in [7, 11) is 1.47. The summed E-state index contributed by atoms with van der Waals surface area (Å²) in [5, 5.41) is 2.84. The van der Waals surface area contributed by atoms with Crippen molar-refractivity contribution in [2.75, 3.05) is 12.4 Å². The van der Waals surface area contributed by atoms with Crippen LogP contribution in [-0.2, 0) is 9.59 Å². The van der Waals surface area contributed by atoms with Crippen molar-refractivity contribution >= 4 is 40.4 Å². The lowest BCUT2D eigenvalue weighted by Gasteiger charge is -2.10. The molecule has 0 saturated carbocycles. The molecule has 7 heteroatoms. The number of aromatic nitrogens is 2. The molecule has 1 unspecified atom stereocenters. The van der Waals surface area contributed by atoms with Gasteiger partial charge in [-0.25, -0.2) is 9.97 Å². The number of anilines is 1. The van der Waals surface area contributed by atoms with E-state index in [0.29, 0.717) is 5.95 Å². The fourth-order valence-electron chi connectivity index (χ4n) is 1.41. The van der Waals surface area contributed by atoms with Crippen molar-refractivity contribution in [1.29, 1.82) is 0 Å². The van der Waals surface area contributed by atoms with Gasteiger partial charge in [0.1, 0.15) is 6.04 Å². The van der Waals surface area contributed by atoms with Crippen LogP contribution < -0.4 is 5.32 Å². The zero-order valence-corrected chi connectivity index (χ0v) is 10.6. The summed E-state index contributed by atoms with van der Waals surface area (Å²) in [6.45, 7) is 0. The molecule has 1 aliphatic heterocycles. The number of imide groups is 1. The van der Waals surface area contributed by atoms with Gasteiger partial charge in [-0.05, 0) is 22.6 Å². The topological polar surface area (TPSA) is 75.2 Å². The minimum absolute atomic E-state index is 0.157. The Hall–Kier alpha value is -1.25. The lowest BCUT2D eigenvalue weighted by atomic mass is 10.2. The molecular weight excluding hydrogens is 323 g/mol. The third-order valence-electron chi connectivity index (χ3n) is 2.31. The van der Waals surface area contributed by atoms with E-state index in [1.807, 2.05) is 0 Å². The van der Waals surface area contributed by atoms with Crippen LogP contribution in [0.3, 0.4) is 0 Å². The predicted octanol–water partition coefficient (Wildman–Crippen LogP) is 0.250. The van der Waals surface area contributed by atoms with E-state index < -0.39 is 6.04 Å². The molecule has 0 aromatic carbocycles. The Balaban J connectivity index is 2.09. The highest BCUT2D eigenvalue weighted by Gasteiger charge is 2.36. The molecule has 2 heterocycles. The summed E-state index contributed by atoms with van der Waals surface area (Å²) >= 11 is 2.09. The normalized spacial score (nSPS) is 20.4. The molecule has 1 atom stereocenters. The molecule has 2 rings (SSSR count). The van der Waals surface area contributed by atoms with Crippen LogP contribution in [0.25, 0.3) is 0 Å². The maximum Gasteiger partial charge on any atom is 0.252 e. The number of amides is 2. The minimum atomic E-state index is -0.544. The molecule has 0 aliphatic carbocycles. The first kappa shape index (κ1) is 11.2. The van der Waals surface area contributed by atoms with Crippen molar-refractivity contribution in [3.63, 3.8) is 0 Å². The number of carbonyl (C=O) groups excluding carboxylic acids is 2. The molecule has 1 aliphatic rings. The summed E-state index contributed by atoms with van der Waals surface area (Å²) in [5.41, 5.74) is 0. The maximum atomic E-state index is 11.6. The molecular formula is C9H9IN4O2. The van der Waals surface area contributed by atoms with Gasteiger partial charge in [-0.1, -0.05) is 0 Å². The Bertz CT molecular complexity index is 434. The standard InChI is InChI=1S/C9H9IN4O2/c1-14-7(15)2-6(8(14)16)13-9-11-3-5(10)4-12-9/h3-4,6H,2H2,1H3,(H,11,12,13).